The number of carboxylic acid groups (broad SMARTS) is 1. The zero-order valence-electron chi connectivity index (χ0n) is 22.0. The number of aliphatic hydroxyl groups excluding tert-OH is 1. The van der Waals surface area contributed by atoms with Gasteiger partial charge in [-0.1, -0.05) is 25.5 Å². The maximum absolute atomic E-state index is 13.4. The number of carboxylic acids is 1. The van der Waals surface area contributed by atoms with Gasteiger partial charge in [0.1, 0.15) is 5.75 Å². The minimum absolute atomic E-state index is 0.00267. The minimum atomic E-state index is -0.934. The number of unbranched alkanes of at least 4 members (excludes halogenated alkanes) is 1. The van der Waals surface area contributed by atoms with E-state index in [2.05, 4.69) is 6.92 Å². The van der Waals surface area contributed by atoms with Gasteiger partial charge in [0.2, 0.25) is 5.91 Å². The largest absolute Gasteiger partial charge is 0.494 e. The van der Waals surface area contributed by atoms with Crippen molar-refractivity contribution >= 4 is 11.9 Å². The molecule has 0 saturated carbocycles. The second-order valence-electron chi connectivity index (χ2n) is 10.2. The summed E-state index contributed by atoms with van der Waals surface area (Å²) >= 11 is 0. The quantitative estimate of drug-likeness (QED) is 0.311. The van der Waals surface area contributed by atoms with E-state index in [4.69, 9.17) is 4.74 Å². The first-order chi connectivity index (χ1) is 18.3. The van der Waals surface area contributed by atoms with E-state index in [1.165, 1.54) is 16.7 Å². The molecule has 2 aliphatic rings. The van der Waals surface area contributed by atoms with Crippen LogP contribution in [0.3, 0.4) is 0 Å². The third-order valence-corrected chi connectivity index (χ3v) is 7.82. The summed E-state index contributed by atoms with van der Waals surface area (Å²) in [5.41, 5.74) is 1.98. The fourth-order valence-electron chi connectivity index (χ4n) is 5.81. The van der Waals surface area contributed by atoms with Crippen LogP contribution in [0.2, 0.25) is 0 Å². The monoisotopic (exact) mass is 529 g/mol. The fraction of sp³-hybridized carbons (Fsp3) is 0.571. The molecule has 2 aliphatic heterocycles. The van der Waals surface area contributed by atoms with Crippen molar-refractivity contribution in [2.24, 2.45) is 5.92 Å². The maximum Gasteiger partial charge on any atom is 0.308 e. The van der Waals surface area contributed by atoms with E-state index < -0.39 is 17.9 Å². The summed E-state index contributed by atoms with van der Waals surface area (Å²) in [5, 5.41) is 40.0. The van der Waals surface area contributed by atoms with Gasteiger partial charge in [0.15, 0.2) is 11.8 Å². The van der Waals surface area contributed by atoms with Crippen molar-refractivity contribution in [3.05, 3.63) is 41.5 Å². The third kappa shape index (κ3) is 6.07. The van der Waals surface area contributed by atoms with Gasteiger partial charge in [0.25, 0.3) is 0 Å². The summed E-state index contributed by atoms with van der Waals surface area (Å²) in [5.74, 6) is -1.49. The van der Waals surface area contributed by atoms with Gasteiger partial charge in [-0.25, -0.2) is 0 Å². The number of hydrogen-bond donors (Lipinski definition) is 4. The van der Waals surface area contributed by atoms with Crippen LogP contribution in [0.25, 0.3) is 0 Å². The maximum atomic E-state index is 13.4. The highest BCUT2D eigenvalue weighted by atomic mass is 16.5. The number of hydrogen-bond acceptors (Lipinski definition) is 7. The lowest BCUT2D eigenvalue weighted by Gasteiger charge is -2.30. The van der Waals surface area contributed by atoms with Crippen LogP contribution in [0.15, 0.2) is 30.3 Å². The van der Waals surface area contributed by atoms with E-state index in [1.807, 2.05) is 23.1 Å². The van der Waals surface area contributed by atoms with Gasteiger partial charge in [-0.2, -0.15) is 0 Å². The van der Waals surface area contributed by atoms with Crippen molar-refractivity contribution in [2.75, 3.05) is 39.4 Å². The molecule has 1 saturated heterocycles. The molecule has 38 heavy (non-hydrogen) atoms. The number of ether oxygens (including phenoxy) is 1. The van der Waals surface area contributed by atoms with Gasteiger partial charge in [0.05, 0.1) is 19.1 Å². The second kappa shape index (κ2) is 12.5. The van der Waals surface area contributed by atoms with Crippen molar-refractivity contribution in [3.63, 3.8) is 0 Å². The van der Waals surface area contributed by atoms with E-state index in [0.29, 0.717) is 39.1 Å². The predicted octanol–water partition coefficient (Wildman–Crippen LogP) is 2.40. The molecule has 0 spiro atoms. The number of rotatable bonds is 13. The van der Waals surface area contributed by atoms with Crippen LogP contribution < -0.4 is 4.74 Å². The fourth-order valence-corrected chi connectivity index (χ4v) is 5.81. The first-order valence-electron chi connectivity index (χ1n) is 13.5. The number of amides is 1. The van der Waals surface area contributed by atoms with Crippen molar-refractivity contribution in [1.29, 1.82) is 0 Å². The summed E-state index contributed by atoms with van der Waals surface area (Å²) in [4.78, 5) is 29.8. The molecule has 1 aromatic heterocycles. The molecule has 0 bridgehead atoms. The Morgan fingerprint density at radius 2 is 1.84 bits per heavy atom. The highest BCUT2D eigenvalue weighted by molar-refractivity contribution is 5.79. The molecule has 4 N–H and O–H groups in total. The first-order valence-corrected chi connectivity index (χ1v) is 13.5. The molecule has 10 nitrogen and oxygen atoms in total. The Labute approximate surface area is 223 Å². The lowest BCUT2D eigenvalue weighted by atomic mass is 9.83. The Hall–Kier alpha value is -3.24. The van der Waals surface area contributed by atoms with Crippen LogP contribution in [0.5, 0.6) is 17.5 Å². The molecule has 0 unspecified atom stereocenters. The number of likely N-dealkylation sites (tertiary alicyclic amines) is 1. The molecule has 1 aromatic carbocycles. The predicted molar refractivity (Wildman–Crippen MR) is 140 cm³/mol. The Morgan fingerprint density at radius 3 is 2.53 bits per heavy atom. The number of aliphatic hydroxyl groups is 1. The topological polar surface area (TPSA) is 136 Å². The molecule has 10 heteroatoms. The number of carbonyl (C=O) groups is 2. The number of carbonyl (C=O) groups excluding carboxylic acids is 1. The highest BCUT2D eigenvalue weighted by Crippen LogP contribution is 2.41. The van der Waals surface area contributed by atoms with Crippen molar-refractivity contribution < 1.29 is 34.8 Å². The molecule has 1 amide bonds. The Morgan fingerprint density at radius 1 is 1.11 bits per heavy atom. The van der Waals surface area contributed by atoms with E-state index in [-0.39, 0.29) is 43.3 Å². The second-order valence-corrected chi connectivity index (χ2v) is 10.2. The lowest BCUT2D eigenvalue weighted by Crippen LogP contribution is -2.45. The van der Waals surface area contributed by atoms with Gasteiger partial charge >= 0.3 is 5.97 Å². The van der Waals surface area contributed by atoms with Crippen LogP contribution in [-0.2, 0) is 22.6 Å². The summed E-state index contributed by atoms with van der Waals surface area (Å²) in [7, 11) is 0. The molecule has 3 atom stereocenters. The van der Waals surface area contributed by atoms with Crippen molar-refractivity contribution in [1.82, 2.24) is 14.4 Å². The lowest BCUT2D eigenvalue weighted by molar-refractivity contribution is -0.144. The normalized spacial score (nSPS) is 20.8. The summed E-state index contributed by atoms with van der Waals surface area (Å²) in [6.45, 7) is 4.39. The van der Waals surface area contributed by atoms with Gasteiger partial charge < -0.3 is 30.1 Å². The van der Waals surface area contributed by atoms with E-state index in [0.717, 1.165) is 36.1 Å². The molecule has 0 aliphatic carbocycles. The average molecular weight is 530 g/mol. The number of nitrogens with zero attached hydrogens (tertiary/aromatic N) is 3. The van der Waals surface area contributed by atoms with E-state index in [1.54, 1.807) is 4.90 Å². The smallest absolute Gasteiger partial charge is 0.308 e. The van der Waals surface area contributed by atoms with Gasteiger partial charge in [-0.15, -0.1) is 0 Å². The van der Waals surface area contributed by atoms with Gasteiger partial charge in [0, 0.05) is 63.3 Å². The number of fused-ring (bicyclic) bond motifs is 1. The summed E-state index contributed by atoms with van der Waals surface area (Å²) in [6, 6.07) is 8.15. The number of aliphatic carboxylic acids is 1. The van der Waals surface area contributed by atoms with Crippen molar-refractivity contribution in [2.45, 2.75) is 57.5 Å². The van der Waals surface area contributed by atoms with Crippen LogP contribution in [0.4, 0.5) is 0 Å². The third-order valence-electron chi connectivity index (χ3n) is 7.82. The molecule has 3 heterocycles. The van der Waals surface area contributed by atoms with Gasteiger partial charge in [-0.05, 0) is 36.5 Å². The number of benzene rings is 1. The Balaban J connectivity index is 1.61. The molecular formula is C28H39N3O7. The van der Waals surface area contributed by atoms with Crippen LogP contribution >= 0.6 is 0 Å². The van der Waals surface area contributed by atoms with Crippen LogP contribution in [0, 0.1) is 5.92 Å². The molecule has 2 aromatic rings. The molecule has 1 fully saturated rings. The molecule has 208 valence electrons. The van der Waals surface area contributed by atoms with Crippen molar-refractivity contribution in [3.8, 4) is 17.5 Å². The number of aromatic nitrogens is 1. The highest BCUT2D eigenvalue weighted by Gasteiger charge is 2.47. The Bertz CT molecular complexity index is 1090. The summed E-state index contributed by atoms with van der Waals surface area (Å²) in [6.07, 6.45) is 3.39. The first kappa shape index (κ1) is 27.8. The molecule has 4 rings (SSSR count). The van der Waals surface area contributed by atoms with E-state index in [9.17, 15) is 30.0 Å². The standard InChI is InChI=1S/C28H39N3O7/c1-2-3-11-29(12-4-14-32)26(35)18-30-17-21(19-5-6-23-20(16-19)10-15-38-23)27(28(36)37)22(30)9-13-31-24(33)7-8-25(31)34/h5-8,16,21-22,27,32-34H,2-4,9-15,17-18H2,1H3,(H,36,37)/t21-,22+,27-/m1/s1. The Kier molecular flexibility index (Phi) is 9.17. The summed E-state index contributed by atoms with van der Waals surface area (Å²) < 4.78 is 6.97. The zero-order chi connectivity index (χ0) is 27.2. The average Bonchev–Trinajstić information content (AvgIpc) is 3.59. The SMILES string of the molecule is CCCCN(CCCO)C(=O)CN1C[C@H](c2ccc3c(c2)CCO3)[C@@H](C(=O)O)[C@@H]1CCn1c(O)ccc1O. The number of aromatic hydroxyl groups is 2. The zero-order valence-corrected chi connectivity index (χ0v) is 22.0. The van der Waals surface area contributed by atoms with Crippen LogP contribution in [0.1, 0.15) is 49.7 Å². The molecule has 0 radical (unpaired) electrons. The minimum Gasteiger partial charge on any atom is -0.494 e. The molecular weight excluding hydrogens is 490 g/mol. The van der Waals surface area contributed by atoms with Gasteiger partial charge in [-0.3, -0.25) is 19.1 Å². The van der Waals surface area contributed by atoms with E-state index >= 15 is 0 Å². The van der Waals surface area contributed by atoms with Crippen LogP contribution in [-0.4, -0.2) is 92.1 Å².